The lowest BCUT2D eigenvalue weighted by molar-refractivity contribution is -0.140. The van der Waals surface area contributed by atoms with Crippen molar-refractivity contribution < 1.29 is 22.7 Å². The fourth-order valence-electron chi connectivity index (χ4n) is 4.92. The van der Waals surface area contributed by atoms with Crippen LogP contribution in [-0.2, 0) is 32.6 Å². The third-order valence-corrected chi connectivity index (χ3v) is 9.12. The van der Waals surface area contributed by atoms with E-state index in [4.69, 9.17) is 16.3 Å². The zero-order chi connectivity index (χ0) is 33.3. The Morgan fingerprint density at radius 1 is 0.826 bits per heavy atom. The van der Waals surface area contributed by atoms with Gasteiger partial charge in [0.05, 0.1) is 17.2 Å². The molecular formula is C36H40ClN3O5S. The molecule has 0 saturated heterocycles. The van der Waals surface area contributed by atoms with Gasteiger partial charge in [-0.1, -0.05) is 72.3 Å². The number of hydrogen-bond acceptors (Lipinski definition) is 5. The number of nitrogens with one attached hydrogen (secondary N) is 1. The van der Waals surface area contributed by atoms with Gasteiger partial charge in [0.25, 0.3) is 10.0 Å². The van der Waals surface area contributed by atoms with Crippen molar-refractivity contribution in [1.29, 1.82) is 0 Å². The molecule has 0 bridgehead atoms. The first-order valence-electron chi connectivity index (χ1n) is 15.1. The van der Waals surface area contributed by atoms with Crippen molar-refractivity contribution in [2.75, 3.05) is 17.5 Å². The van der Waals surface area contributed by atoms with E-state index in [1.54, 1.807) is 66.7 Å². The van der Waals surface area contributed by atoms with Crippen LogP contribution in [0, 0.1) is 0 Å². The van der Waals surface area contributed by atoms with Crippen LogP contribution in [0.2, 0.25) is 5.02 Å². The van der Waals surface area contributed by atoms with Gasteiger partial charge in [-0.3, -0.25) is 13.9 Å². The standard InChI is InChI=1S/C36H40ClN3O5S/c1-5-45-31-20-22-32(23-21-31)46(43,44)40(30-14-10-7-11-15-30)26-34(41)39(25-28-16-18-29(37)19-17-28)33(35(42)38-36(2,3)4)24-27-12-8-6-9-13-27/h6-23,33H,5,24-26H2,1-4H3,(H,38,42)/t33-/m0/s1. The van der Waals surface area contributed by atoms with Crippen molar-refractivity contribution in [3.63, 3.8) is 0 Å². The summed E-state index contributed by atoms with van der Waals surface area (Å²) in [5, 5.41) is 3.56. The predicted octanol–water partition coefficient (Wildman–Crippen LogP) is 6.49. The number of anilines is 1. The molecule has 242 valence electrons. The predicted molar refractivity (Wildman–Crippen MR) is 182 cm³/mol. The van der Waals surface area contributed by atoms with Gasteiger partial charge in [-0.05, 0) is 87.4 Å². The lowest BCUT2D eigenvalue weighted by atomic mass is 10.0. The van der Waals surface area contributed by atoms with Gasteiger partial charge >= 0.3 is 0 Å². The van der Waals surface area contributed by atoms with Crippen molar-refractivity contribution in [2.24, 2.45) is 0 Å². The Morgan fingerprint density at radius 2 is 1.41 bits per heavy atom. The molecule has 0 fully saturated rings. The second-order valence-corrected chi connectivity index (χ2v) is 14.1. The van der Waals surface area contributed by atoms with Gasteiger partial charge in [0, 0.05) is 23.5 Å². The Hall–Kier alpha value is -4.34. The zero-order valence-electron chi connectivity index (χ0n) is 26.5. The summed E-state index contributed by atoms with van der Waals surface area (Å²) < 4.78 is 34.9. The van der Waals surface area contributed by atoms with Gasteiger partial charge in [0.15, 0.2) is 0 Å². The van der Waals surface area contributed by atoms with Crippen LogP contribution in [0.15, 0.2) is 114 Å². The number of carbonyl (C=O) groups is 2. The minimum absolute atomic E-state index is 0.00293. The molecule has 0 aliphatic heterocycles. The first-order chi connectivity index (χ1) is 21.9. The number of rotatable bonds is 13. The Labute approximate surface area is 277 Å². The van der Waals surface area contributed by atoms with Crippen LogP contribution >= 0.6 is 11.6 Å². The molecule has 1 atom stereocenters. The number of para-hydroxylation sites is 1. The molecule has 4 aromatic carbocycles. The summed E-state index contributed by atoms with van der Waals surface area (Å²) in [4.78, 5) is 29.9. The van der Waals surface area contributed by atoms with E-state index < -0.39 is 34.1 Å². The highest BCUT2D eigenvalue weighted by Gasteiger charge is 2.35. The molecule has 4 aromatic rings. The average Bonchev–Trinajstić information content (AvgIpc) is 3.03. The van der Waals surface area contributed by atoms with Crippen LogP contribution in [0.3, 0.4) is 0 Å². The Balaban J connectivity index is 1.78. The maximum atomic E-state index is 14.5. The van der Waals surface area contributed by atoms with Gasteiger partial charge in [0.2, 0.25) is 11.8 Å². The van der Waals surface area contributed by atoms with Crippen LogP contribution in [-0.4, -0.2) is 49.9 Å². The summed E-state index contributed by atoms with van der Waals surface area (Å²) in [5.41, 5.74) is 1.33. The summed E-state index contributed by atoms with van der Waals surface area (Å²) >= 11 is 6.15. The highest BCUT2D eigenvalue weighted by Crippen LogP contribution is 2.26. The number of hydrogen-bond donors (Lipinski definition) is 1. The number of amides is 2. The van der Waals surface area contributed by atoms with Crippen LogP contribution in [0.4, 0.5) is 5.69 Å². The molecule has 0 radical (unpaired) electrons. The zero-order valence-corrected chi connectivity index (χ0v) is 28.1. The fourth-order valence-corrected chi connectivity index (χ4v) is 6.46. The van der Waals surface area contributed by atoms with Crippen LogP contribution in [0.5, 0.6) is 5.75 Å². The molecule has 10 heteroatoms. The van der Waals surface area contributed by atoms with Crippen LogP contribution in [0.25, 0.3) is 0 Å². The third-order valence-electron chi connectivity index (χ3n) is 7.08. The number of carbonyl (C=O) groups excluding carboxylic acids is 2. The van der Waals surface area contributed by atoms with Gasteiger partial charge in [-0.15, -0.1) is 0 Å². The van der Waals surface area contributed by atoms with E-state index in [0.29, 0.717) is 23.1 Å². The van der Waals surface area contributed by atoms with Crippen molar-refractivity contribution in [3.8, 4) is 5.75 Å². The lowest BCUT2D eigenvalue weighted by Gasteiger charge is -2.35. The van der Waals surface area contributed by atoms with E-state index in [1.807, 2.05) is 58.0 Å². The maximum Gasteiger partial charge on any atom is 0.264 e. The van der Waals surface area contributed by atoms with E-state index >= 15 is 0 Å². The summed E-state index contributed by atoms with van der Waals surface area (Å²) in [6.45, 7) is 7.41. The molecule has 0 heterocycles. The molecule has 0 spiro atoms. The van der Waals surface area contributed by atoms with Gasteiger partial charge in [-0.25, -0.2) is 8.42 Å². The SMILES string of the molecule is CCOc1ccc(S(=O)(=O)N(CC(=O)N(Cc2ccc(Cl)cc2)[C@@H](Cc2ccccc2)C(=O)NC(C)(C)C)c2ccccc2)cc1. The molecule has 0 unspecified atom stereocenters. The second kappa shape index (κ2) is 15.3. The normalized spacial score (nSPS) is 12.2. The minimum Gasteiger partial charge on any atom is -0.494 e. The van der Waals surface area contributed by atoms with Crippen molar-refractivity contribution >= 4 is 39.1 Å². The number of sulfonamides is 1. The number of nitrogens with zero attached hydrogens (tertiary/aromatic N) is 2. The molecule has 1 N–H and O–H groups in total. The first-order valence-corrected chi connectivity index (χ1v) is 16.9. The molecular weight excluding hydrogens is 622 g/mol. The van der Waals surface area contributed by atoms with E-state index in [0.717, 1.165) is 15.4 Å². The highest BCUT2D eigenvalue weighted by atomic mass is 35.5. The Morgan fingerprint density at radius 3 is 1.98 bits per heavy atom. The molecule has 46 heavy (non-hydrogen) atoms. The van der Waals surface area contributed by atoms with Crippen molar-refractivity contribution in [3.05, 3.63) is 125 Å². The monoisotopic (exact) mass is 661 g/mol. The smallest absolute Gasteiger partial charge is 0.264 e. The van der Waals surface area contributed by atoms with E-state index in [-0.39, 0.29) is 23.8 Å². The number of benzene rings is 4. The minimum atomic E-state index is -4.21. The number of ether oxygens (including phenoxy) is 1. The van der Waals surface area contributed by atoms with Crippen LogP contribution < -0.4 is 14.4 Å². The molecule has 0 aliphatic rings. The molecule has 0 saturated carbocycles. The topological polar surface area (TPSA) is 96.0 Å². The molecule has 0 aliphatic carbocycles. The lowest BCUT2D eigenvalue weighted by Crippen LogP contribution is -2.56. The quantitative estimate of drug-likeness (QED) is 0.177. The largest absolute Gasteiger partial charge is 0.494 e. The highest BCUT2D eigenvalue weighted by molar-refractivity contribution is 7.92. The van der Waals surface area contributed by atoms with E-state index in [2.05, 4.69) is 5.32 Å². The molecule has 4 rings (SSSR count). The summed E-state index contributed by atoms with van der Waals surface area (Å²) in [7, 11) is -4.21. The third kappa shape index (κ3) is 9.34. The fraction of sp³-hybridized carbons (Fsp3) is 0.278. The van der Waals surface area contributed by atoms with E-state index in [9.17, 15) is 18.0 Å². The van der Waals surface area contributed by atoms with E-state index in [1.165, 1.54) is 17.0 Å². The van der Waals surface area contributed by atoms with Gasteiger partial charge in [0.1, 0.15) is 18.3 Å². The van der Waals surface area contributed by atoms with Gasteiger partial charge in [-0.2, -0.15) is 0 Å². The summed E-state index contributed by atoms with van der Waals surface area (Å²) in [6, 6.07) is 30.0. The first kappa shape index (κ1) is 34.5. The summed E-state index contributed by atoms with van der Waals surface area (Å²) in [6.07, 6.45) is 0.221. The van der Waals surface area contributed by atoms with Crippen molar-refractivity contribution in [1.82, 2.24) is 10.2 Å². The molecule has 2 amide bonds. The van der Waals surface area contributed by atoms with Gasteiger partial charge < -0.3 is 15.0 Å². The summed E-state index contributed by atoms with van der Waals surface area (Å²) in [5.74, 6) is -0.357. The molecule has 8 nitrogen and oxygen atoms in total. The molecule has 0 aromatic heterocycles. The number of halogens is 1. The Kier molecular flexibility index (Phi) is 11.5. The maximum absolute atomic E-state index is 14.5. The van der Waals surface area contributed by atoms with Crippen molar-refractivity contribution in [2.45, 2.75) is 57.1 Å². The second-order valence-electron chi connectivity index (χ2n) is 11.8. The Bertz CT molecular complexity index is 1690. The van der Waals surface area contributed by atoms with Crippen LogP contribution in [0.1, 0.15) is 38.8 Å². The average molecular weight is 662 g/mol.